The fourth-order valence-electron chi connectivity index (χ4n) is 2.95. The molecule has 3 rings (SSSR count). The van der Waals surface area contributed by atoms with Gasteiger partial charge >= 0.3 is 6.03 Å². The number of aryl methyl sites for hydroxylation is 2. The van der Waals surface area contributed by atoms with Crippen LogP contribution in [0.5, 0.6) is 0 Å². The van der Waals surface area contributed by atoms with Crippen LogP contribution in [0.4, 0.5) is 15.6 Å². The average molecular weight is 423 g/mol. The molecule has 1 aromatic heterocycles. The molecule has 6 nitrogen and oxygen atoms in total. The summed E-state index contributed by atoms with van der Waals surface area (Å²) in [6, 6.07) is 19.3. The maximum absolute atomic E-state index is 12.2. The van der Waals surface area contributed by atoms with E-state index in [0.717, 1.165) is 18.5 Å². The highest BCUT2D eigenvalue weighted by atomic mass is 32.1. The van der Waals surface area contributed by atoms with Crippen LogP contribution in [0.2, 0.25) is 0 Å². The number of hydrogen-bond acceptors (Lipinski definition) is 4. The molecular formula is C23H26N4O2S. The van der Waals surface area contributed by atoms with Crippen molar-refractivity contribution in [3.05, 3.63) is 77.3 Å². The number of nitrogens with zero attached hydrogens (tertiary/aromatic N) is 1. The van der Waals surface area contributed by atoms with Crippen molar-refractivity contribution in [3.8, 4) is 0 Å². The highest BCUT2D eigenvalue weighted by molar-refractivity contribution is 7.13. The van der Waals surface area contributed by atoms with Gasteiger partial charge in [0.15, 0.2) is 5.13 Å². The quantitative estimate of drug-likeness (QED) is 0.461. The first kappa shape index (κ1) is 21.5. The third-order valence-electron chi connectivity index (χ3n) is 4.53. The number of urea groups is 1. The molecule has 0 aliphatic carbocycles. The Bertz CT molecular complexity index is 944. The molecule has 1 atom stereocenters. The van der Waals surface area contributed by atoms with Crippen molar-refractivity contribution >= 4 is 34.1 Å². The highest BCUT2D eigenvalue weighted by Crippen LogP contribution is 2.17. The summed E-state index contributed by atoms with van der Waals surface area (Å²) in [4.78, 5) is 28.6. The molecule has 0 fully saturated rings. The summed E-state index contributed by atoms with van der Waals surface area (Å²) in [5.41, 5.74) is 2.78. The smallest absolute Gasteiger partial charge is 0.325 e. The molecule has 3 N–H and O–H groups in total. The standard InChI is InChI=1S/C23H26N4O2S/c1-17(12-13-18-8-4-2-5-9-18)24-21(28)15-14-20-16-30-23(26-20)27-22(29)25-19-10-6-3-7-11-19/h2-11,16-17H,12-15H2,1H3,(H,24,28)(H2,25,26,27,29)/t17-/m1/s1. The largest absolute Gasteiger partial charge is 0.354 e. The fraction of sp³-hybridized carbons (Fsp3) is 0.261. The van der Waals surface area contributed by atoms with Gasteiger partial charge in [-0.3, -0.25) is 10.1 Å². The number of thiazole rings is 1. The first-order chi connectivity index (χ1) is 14.6. The van der Waals surface area contributed by atoms with Gasteiger partial charge in [-0.2, -0.15) is 0 Å². The number of anilines is 2. The summed E-state index contributed by atoms with van der Waals surface area (Å²) in [6.07, 6.45) is 2.75. The number of carbonyl (C=O) groups is 2. The molecule has 0 radical (unpaired) electrons. The molecule has 3 aromatic rings. The van der Waals surface area contributed by atoms with Crippen molar-refractivity contribution < 1.29 is 9.59 Å². The second kappa shape index (κ2) is 11.1. The van der Waals surface area contributed by atoms with Crippen LogP contribution in [-0.4, -0.2) is 23.0 Å². The van der Waals surface area contributed by atoms with E-state index < -0.39 is 0 Å². The van der Waals surface area contributed by atoms with Gasteiger partial charge < -0.3 is 10.6 Å². The lowest BCUT2D eigenvalue weighted by molar-refractivity contribution is -0.121. The lowest BCUT2D eigenvalue weighted by Crippen LogP contribution is -2.33. The molecule has 0 spiro atoms. The van der Waals surface area contributed by atoms with Crippen LogP contribution >= 0.6 is 11.3 Å². The van der Waals surface area contributed by atoms with Crippen LogP contribution in [0.25, 0.3) is 0 Å². The number of nitrogens with one attached hydrogen (secondary N) is 3. The van der Waals surface area contributed by atoms with Crippen LogP contribution < -0.4 is 16.0 Å². The van der Waals surface area contributed by atoms with Gasteiger partial charge in [0.25, 0.3) is 0 Å². The first-order valence-electron chi connectivity index (χ1n) is 9.99. The number of amides is 3. The summed E-state index contributed by atoms with van der Waals surface area (Å²) < 4.78 is 0. The third kappa shape index (κ3) is 7.33. The van der Waals surface area contributed by atoms with Crippen LogP contribution in [0.3, 0.4) is 0 Å². The van der Waals surface area contributed by atoms with Gasteiger partial charge in [0, 0.05) is 23.5 Å². The van der Waals surface area contributed by atoms with Gasteiger partial charge in [0.2, 0.25) is 5.91 Å². The van der Waals surface area contributed by atoms with E-state index >= 15 is 0 Å². The van der Waals surface area contributed by atoms with Crippen molar-refractivity contribution in [1.82, 2.24) is 10.3 Å². The van der Waals surface area contributed by atoms with Crippen molar-refractivity contribution in [1.29, 1.82) is 0 Å². The number of para-hydroxylation sites is 1. The Kier molecular flexibility index (Phi) is 7.97. The van der Waals surface area contributed by atoms with Crippen LogP contribution in [-0.2, 0) is 17.6 Å². The summed E-state index contributed by atoms with van der Waals surface area (Å²) in [5, 5.41) is 10.9. The molecule has 0 saturated carbocycles. The molecule has 1 heterocycles. The Balaban J connectivity index is 1.37. The van der Waals surface area contributed by atoms with Gasteiger partial charge in [0.1, 0.15) is 0 Å². The molecule has 0 aliphatic rings. The van der Waals surface area contributed by atoms with E-state index in [9.17, 15) is 9.59 Å². The summed E-state index contributed by atoms with van der Waals surface area (Å²) >= 11 is 1.34. The summed E-state index contributed by atoms with van der Waals surface area (Å²) in [6.45, 7) is 2.02. The topological polar surface area (TPSA) is 83.1 Å². The maximum atomic E-state index is 12.2. The average Bonchev–Trinajstić information content (AvgIpc) is 3.19. The number of carbonyl (C=O) groups excluding carboxylic acids is 2. The molecule has 7 heteroatoms. The number of aromatic nitrogens is 1. The van der Waals surface area contributed by atoms with E-state index in [1.54, 1.807) is 0 Å². The normalized spacial score (nSPS) is 11.5. The monoisotopic (exact) mass is 422 g/mol. The summed E-state index contributed by atoms with van der Waals surface area (Å²) in [7, 11) is 0. The first-order valence-corrected chi connectivity index (χ1v) is 10.9. The Morgan fingerprint density at radius 3 is 2.40 bits per heavy atom. The molecule has 0 bridgehead atoms. The molecule has 0 unspecified atom stereocenters. The Labute approximate surface area is 180 Å². The van der Waals surface area contributed by atoms with E-state index in [1.807, 2.05) is 60.8 Å². The summed E-state index contributed by atoms with van der Waals surface area (Å²) in [5.74, 6) is 0.0138. The zero-order valence-electron chi connectivity index (χ0n) is 16.9. The molecule has 2 aromatic carbocycles. The van der Waals surface area contributed by atoms with Crippen LogP contribution in [0.15, 0.2) is 66.0 Å². The van der Waals surface area contributed by atoms with E-state index in [-0.39, 0.29) is 18.0 Å². The Morgan fingerprint density at radius 2 is 1.67 bits per heavy atom. The second-order valence-corrected chi connectivity index (χ2v) is 7.94. The predicted octanol–water partition coefficient (Wildman–Crippen LogP) is 4.86. The van der Waals surface area contributed by atoms with Gasteiger partial charge in [-0.25, -0.2) is 9.78 Å². The van der Waals surface area contributed by atoms with E-state index in [2.05, 4.69) is 33.1 Å². The fourth-order valence-corrected chi connectivity index (χ4v) is 3.69. The van der Waals surface area contributed by atoms with Crippen molar-refractivity contribution in [2.45, 2.75) is 38.6 Å². The molecule has 3 amide bonds. The van der Waals surface area contributed by atoms with Gasteiger partial charge in [0.05, 0.1) is 5.69 Å². The van der Waals surface area contributed by atoms with E-state index in [0.29, 0.717) is 23.7 Å². The van der Waals surface area contributed by atoms with Gasteiger partial charge in [-0.15, -0.1) is 11.3 Å². The van der Waals surface area contributed by atoms with E-state index in [4.69, 9.17) is 0 Å². The number of hydrogen-bond donors (Lipinski definition) is 3. The molecule has 156 valence electrons. The third-order valence-corrected chi connectivity index (χ3v) is 5.33. The predicted molar refractivity (Wildman–Crippen MR) is 122 cm³/mol. The van der Waals surface area contributed by atoms with Gasteiger partial charge in [-0.1, -0.05) is 48.5 Å². The van der Waals surface area contributed by atoms with Crippen LogP contribution in [0.1, 0.15) is 31.0 Å². The highest BCUT2D eigenvalue weighted by Gasteiger charge is 2.11. The second-order valence-electron chi connectivity index (χ2n) is 7.08. The molecular weight excluding hydrogens is 396 g/mol. The lowest BCUT2D eigenvalue weighted by atomic mass is 10.1. The Hall–Kier alpha value is -3.19. The maximum Gasteiger partial charge on any atom is 0.325 e. The van der Waals surface area contributed by atoms with Gasteiger partial charge in [-0.05, 0) is 43.9 Å². The lowest BCUT2D eigenvalue weighted by Gasteiger charge is -2.13. The van der Waals surface area contributed by atoms with Crippen LogP contribution in [0, 0.1) is 0 Å². The molecule has 0 saturated heterocycles. The zero-order chi connectivity index (χ0) is 21.2. The minimum atomic E-state index is -0.341. The van der Waals surface area contributed by atoms with Crippen molar-refractivity contribution in [2.75, 3.05) is 10.6 Å². The zero-order valence-corrected chi connectivity index (χ0v) is 17.7. The van der Waals surface area contributed by atoms with E-state index in [1.165, 1.54) is 16.9 Å². The molecule has 30 heavy (non-hydrogen) atoms. The minimum absolute atomic E-state index is 0.0138. The number of benzene rings is 2. The SMILES string of the molecule is C[C@H](CCc1ccccc1)NC(=O)CCc1csc(NC(=O)Nc2ccccc2)n1. The van der Waals surface area contributed by atoms with Crippen molar-refractivity contribution in [3.63, 3.8) is 0 Å². The Morgan fingerprint density at radius 1 is 0.967 bits per heavy atom. The van der Waals surface area contributed by atoms with Crippen molar-refractivity contribution in [2.24, 2.45) is 0 Å². The minimum Gasteiger partial charge on any atom is -0.354 e. The molecule has 0 aliphatic heterocycles. The number of rotatable bonds is 9.